The highest BCUT2D eigenvalue weighted by atomic mass is 16.4. The fourth-order valence-corrected chi connectivity index (χ4v) is 1.41. The molecule has 0 unspecified atom stereocenters. The van der Waals surface area contributed by atoms with Crippen LogP contribution in [0.25, 0.3) is 11.1 Å². The average molecular weight is 199 g/mol. The SMILES string of the molecule is [2H]c1ccccc1-c1ccc(B(O)O)cc1. The molecule has 0 bridgehead atoms. The molecule has 0 spiro atoms. The van der Waals surface area contributed by atoms with Crippen molar-refractivity contribution in [2.45, 2.75) is 0 Å². The second-order valence-electron chi connectivity index (χ2n) is 3.27. The van der Waals surface area contributed by atoms with Gasteiger partial charge in [-0.2, -0.15) is 0 Å². The Labute approximate surface area is 90.4 Å². The molecule has 74 valence electrons. The van der Waals surface area contributed by atoms with Crippen LogP contribution >= 0.6 is 0 Å². The third-order valence-corrected chi connectivity index (χ3v) is 2.23. The van der Waals surface area contributed by atoms with Gasteiger partial charge in [0.05, 0.1) is 1.37 Å². The Bertz CT molecular complexity index is 483. The van der Waals surface area contributed by atoms with E-state index in [2.05, 4.69) is 0 Å². The van der Waals surface area contributed by atoms with Crippen molar-refractivity contribution in [2.75, 3.05) is 0 Å². The molecular formula is C12H11BO2. The van der Waals surface area contributed by atoms with Gasteiger partial charge in [-0.1, -0.05) is 54.6 Å². The monoisotopic (exact) mass is 199 g/mol. The molecule has 0 atom stereocenters. The van der Waals surface area contributed by atoms with Gasteiger partial charge >= 0.3 is 7.12 Å². The minimum atomic E-state index is -1.44. The lowest BCUT2D eigenvalue weighted by atomic mass is 9.80. The third-order valence-electron chi connectivity index (χ3n) is 2.23. The maximum atomic E-state index is 8.96. The average Bonchev–Trinajstić information content (AvgIpc) is 2.30. The van der Waals surface area contributed by atoms with Crippen molar-refractivity contribution in [3.8, 4) is 11.1 Å². The van der Waals surface area contributed by atoms with E-state index in [1.54, 1.807) is 30.3 Å². The molecule has 0 heterocycles. The van der Waals surface area contributed by atoms with Gasteiger partial charge in [0.2, 0.25) is 0 Å². The zero-order valence-electron chi connectivity index (χ0n) is 9.09. The van der Waals surface area contributed by atoms with Crippen LogP contribution in [0, 0.1) is 0 Å². The van der Waals surface area contributed by atoms with Crippen molar-refractivity contribution in [1.82, 2.24) is 0 Å². The molecule has 0 amide bonds. The summed E-state index contributed by atoms with van der Waals surface area (Å²) in [6.07, 6.45) is 0. The first-order chi connectivity index (χ1) is 7.68. The zero-order chi connectivity index (χ0) is 11.5. The van der Waals surface area contributed by atoms with Gasteiger partial charge in [-0.05, 0) is 16.6 Å². The normalized spacial score (nSPS) is 10.9. The minimum absolute atomic E-state index is 0.450. The summed E-state index contributed by atoms with van der Waals surface area (Å²) in [6, 6.07) is 14.6. The summed E-state index contributed by atoms with van der Waals surface area (Å²) in [7, 11) is -1.44. The van der Waals surface area contributed by atoms with Gasteiger partial charge in [0.25, 0.3) is 0 Å². The topological polar surface area (TPSA) is 40.5 Å². The number of hydrogen-bond acceptors (Lipinski definition) is 2. The fourth-order valence-electron chi connectivity index (χ4n) is 1.41. The van der Waals surface area contributed by atoms with Crippen molar-refractivity contribution in [3.63, 3.8) is 0 Å². The van der Waals surface area contributed by atoms with Gasteiger partial charge in [0.15, 0.2) is 0 Å². The van der Waals surface area contributed by atoms with E-state index in [1.165, 1.54) is 0 Å². The van der Waals surface area contributed by atoms with E-state index in [0.29, 0.717) is 11.5 Å². The summed E-state index contributed by atoms with van der Waals surface area (Å²) in [5.74, 6) is 0. The summed E-state index contributed by atoms with van der Waals surface area (Å²) in [6.45, 7) is 0. The van der Waals surface area contributed by atoms with Crippen LogP contribution in [-0.4, -0.2) is 17.2 Å². The first-order valence-electron chi connectivity index (χ1n) is 5.20. The largest absolute Gasteiger partial charge is 0.488 e. The van der Waals surface area contributed by atoms with Crippen molar-refractivity contribution < 1.29 is 11.4 Å². The molecule has 2 aromatic carbocycles. The van der Waals surface area contributed by atoms with Gasteiger partial charge in [-0.25, -0.2) is 0 Å². The van der Waals surface area contributed by atoms with Crippen LogP contribution in [0.2, 0.25) is 0 Å². The van der Waals surface area contributed by atoms with Gasteiger partial charge in [0, 0.05) is 0 Å². The van der Waals surface area contributed by atoms with Crippen LogP contribution in [0.4, 0.5) is 0 Å². The maximum Gasteiger partial charge on any atom is 0.488 e. The second kappa shape index (κ2) is 4.30. The van der Waals surface area contributed by atoms with Crippen LogP contribution in [0.1, 0.15) is 1.37 Å². The van der Waals surface area contributed by atoms with E-state index in [-0.39, 0.29) is 0 Å². The van der Waals surface area contributed by atoms with Gasteiger partial charge in [-0.15, -0.1) is 0 Å². The molecule has 2 aromatic rings. The third kappa shape index (κ3) is 2.26. The van der Waals surface area contributed by atoms with Crippen molar-refractivity contribution in [1.29, 1.82) is 0 Å². The van der Waals surface area contributed by atoms with E-state index < -0.39 is 7.12 Å². The molecule has 0 saturated heterocycles. The molecule has 2 nitrogen and oxygen atoms in total. The first-order valence-corrected chi connectivity index (χ1v) is 4.70. The summed E-state index contributed by atoms with van der Waals surface area (Å²) >= 11 is 0. The summed E-state index contributed by atoms with van der Waals surface area (Å²) in [4.78, 5) is 0. The number of rotatable bonds is 2. The van der Waals surface area contributed by atoms with Crippen molar-refractivity contribution >= 4 is 12.6 Å². The van der Waals surface area contributed by atoms with E-state index in [9.17, 15) is 0 Å². The van der Waals surface area contributed by atoms with Crippen molar-refractivity contribution in [3.05, 3.63) is 54.6 Å². The predicted octanol–water partition coefficient (Wildman–Crippen LogP) is 1.03. The molecule has 2 N–H and O–H groups in total. The van der Waals surface area contributed by atoms with Crippen LogP contribution < -0.4 is 5.46 Å². The fraction of sp³-hybridized carbons (Fsp3) is 0. The molecule has 0 fully saturated rings. The zero-order valence-corrected chi connectivity index (χ0v) is 8.09. The Morgan fingerprint density at radius 1 is 0.867 bits per heavy atom. The highest BCUT2D eigenvalue weighted by molar-refractivity contribution is 6.58. The summed E-state index contributed by atoms with van der Waals surface area (Å²) < 4.78 is 7.75. The highest BCUT2D eigenvalue weighted by Gasteiger charge is 2.09. The van der Waals surface area contributed by atoms with Gasteiger partial charge < -0.3 is 10.0 Å². The molecule has 0 aliphatic rings. The molecule has 0 aromatic heterocycles. The Morgan fingerprint density at radius 2 is 1.60 bits per heavy atom. The number of hydrogen-bond donors (Lipinski definition) is 2. The van der Waals surface area contributed by atoms with Crippen LogP contribution in [0.15, 0.2) is 54.6 Å². The lowest BCUT2D eigenvalue weighted by Crippen LogP contribution is -2.29. The molecule has 0 saturated carbocycles. The van der Waals surface area contributed by atoms with Crippen molar-refractivity contribution in [2.24, 2.45) is 0 Å². The van der Waals surface area contributed by atoms with E-state index in [1.807, 2.05) is 18.2 Å². The number of benzene rings is 2. The quantitative estimate of drug-likeness (QED) is 0.709. The second-order valence-corrected chi connectivity index (χ2v) is 3.27. The maximum absolute atomic E-state index is 8.96. The molecule has 0 aliphatic carbocycles. The smallest absolute Gasteiger partial charge is 0.423 e. The lowest BCUT2D eigenvalue weighted by molar-refractivity contribution is 0.426. The van der Waals surface area contributed by atoms with Crippen LogP contribution in [-0.2, 0) is 0 Å². The lowest BCUT2D eigenvalue weighted by Gasteiger charge is -2.03. The molecule has 2 rings (SSSR count). The van der Waals surface area contributed by atoms with E-state index in [0.717, 1.165) is 11.1 Å². The van der Waals surface area contributed by atoms with Crippen LogP contribution in [0.5, 0.6) is 0 Å². The molecule has 0 radical (unpaired) electrons. The first kappa shape index (κ1) is 8.71. The standard InChI is InChI=1S/C12H11BO2/c14-13(15)12-8-6-11(7-9-12)10-4-2-1-3-5-10/h1-9,14-15H/i4D. The van der Waals surface area contributed by atoms with Gasteiger partial charge in [0.1, 0.15) is 0 Å². The highest BCUT2D eigenvalue weighted by Crippen LogP contribution is 2.16. The molecular weight excluding hydrogens is 187 g/mol. The Morgan fingerprint density at radius 3 is 2.20 bits per heavy atom. The van der Waals surface area contributed by atoms with Crippen LogP contribution in [0.3, 0.4) is 0 Å². The molecule has 3 heteroatoms. The Balaban J connectivity index is 2.39. The summed E-state index contributed by atoms with van der Waals surface area (Å²) in [5, 5.41) is 17.9. The Kier molecular flexibility index (Phi) is 2.50. The summed E-state index contributed by atoms with van der Waals surface area (Å²) in [5.41, 5.74) is 2.18. The Hall–Kier alpha value is -1.58. The molecule has 0 aliphatic heterocycles. The van der Waals surface area contributed by atoms with E-state index >= 15 is 0 Å². The minimum Gasteiger partial charge on any atom is -0.423 e. The predicted molar refractivity (Wildman–Crippen MR) is 61.7 cm³/mol. The van der Waals surface area contributed by atoms with E-state index in [4.69, 9.17) is 11.4 Å². The van der Waals surface area contributed by atoms with Gasteiger partial charge in [-0.3, -0.25) is 0 Å². The molecule has 15 heavy (non-hydrogen) atoms.